The third kappa shape index (κ3) is 7.34. The number of hydrogen-bond acceptors (Lipinski definition) is 3. The van der Waals surface area contributed by atoms with E-state index in [1.54, 1.807) is 0 Å². The summed E-state index contributed by atoms with van der Waals surface area (Å²) in [7, 11) is -0.988. The first-order chi connectivity index (χ1) is 8.54. The van der Waals surface area contributed by atoms with Gasteiger partial charge in [0, 0.05) is 18.5 Å². The molecule has 0 rings (SSSR count). The topological polar surface area (TPSA) is 21.7 Å². The highest BCUT2D eigenvalue weighted by atomic mass is 31.2. The largest absolute Gasteiger partial charge is 0.322 e. The molecule has 0 aliphatic rings. The number of unbranched alkanes of at least 4 members (excludes halogenated alkanes) is 1. The third-order valence-electron chi connectivity index (χ3n) is 2.39. The van der Waals surface area contributed by atoms with Crippen LogP contribution in [0.2, 0.25) is 0 Å². The number of hydrogen-bond donors (Lipinski definition) is 0. The first-order valence-corrected chi connectivity index (χ1v) is 7.95. The van der Waals surface area contributed by atoms with Crippen molar-refractivity contribution >= 4 is 8.53 Å². The van der Waals surface area contributed by atoms with Gasteiger partial charge in [0.15, 0.2) is 0 Å². The standard InChI is InChI=1S/C14H28NO2P/c1-7-9-11-16-18(17-12-10-8-2)15(13(3)4)14(5)6/h1,13-14H,8-12H2,2-6H3. The third-order valence-corrected chi connectivity index (χ3v) is 4.50. The van der Waals surface area contributed by atoms with Crippen LogP contribution in [-0.4, -0.2) is 30.0 Å². The Morgan fingerprint density at radius 2 is 1.67 bits per heavy atom. The highest BCUT2D eigenvalue weighted by Crippen LogP contribution is 2.45. The zero-order valence-electron chi connectivity index (χ0n) is 12.5. The van der Waals surface area contributed by atoms with Gasteiger partial charge in [0.2, 0.25) is 0 Å². The summed E-state index contributed by atoms with van der Waals surface area (Å²) in [5.74, 6) is 2.60. The van der Waals surface area contributed by atoms with E-state index in [0.29, 0.717) is 25.1 Å². The van der Waals surface area contributed by atoms with Gasteiger partial charge in [-0.1, -0.05) is 13.3 Å². The lowest BCUT2D eigenvalue weighted by molar-refractivity contribution is 0.175. The first-order valence-electron chi connectivity index (χ1n) is 6.82. The second-order valence-electron chi connectivity index (χ2n) is 4.78. The second kappa shape index (κ2) is 10.8. The molecule has 0 spiro atoms. The molecule has 0 saturated carbocycles. The molecule has 106 valence electrons. The van der Waals surface area contributed by atoms with Crippen molar-refractivity contribution in [3.63, 3.8) is 0 Å². The lowest BCUT2D eigenvalue weighted by Crippen LogP contribution is -2.33. The van der Waals surface area contributed by atoms with Crippen molar-refractivity contribution < 1.29 is 9.05 Å². The summed E-state index contributed by atoms with van der Waals surface area (Å²) < 4.78 is 14.0. The van der Waals surface area contributed by atoms with Gasteiger partial charge < -0.3 is 9.05 Å². The molecule has 0 radical (unpaired) electrons. The molecule has 1 unspecified atom stereocenters. The molecule has 0 fully saturated rings. The Morgan fingerprint density at radius 1 is 1.11 bits per heavy atom. The van der Waals surface area contributed by atoms with Crippen molar-refractivity contribution in [2.24, 2.45) is 0 Å². The molecule has 0 amide bonds. The molecule has 18 heavy (non-hydrogen) atoms. The molecule has 0 heterocycles. The fourth-order valence-electron chi connectivity index (χ4n) is 1.61. The maximum atomic E-state index is 5.91. The normalized spacial score (nSPS) is 13.3. The SMILES string of the molecule is C#CCCOP(OCCCC)N(C(C)C)C(C)C. The predicted octanol–water partition coefficient (Wildman–Crippen LogP) is 4.19. The van der Waals surface area contributed by atoms with E-state index >= 15 is 0 Å². The van der Waals surface area contributed by atoms with Crippen LogP contribution in [0.5, 0.6) is 0 Å². The van der Waals surface area contributed by atoms with Crippen LogP contribution in [0.15, 0.2) is 0 Å². The van der Waals surface area contributed by atoms with Crippen LogP contribution in [0.25, 0.3) is 0 Å². The summed E-state index contributed by atoms with van der Waals surface area (Å²) in [6.07, 6.45) is 8.10. The van der Waals surface area contributed by atoms with E-state index in [1.165, 1.54) is 0 Å². The van der Waals surface area contributed by atoms with Crippen molar-refractivity contribution in [1.82, 2.24) is 4.67 Å². The van der Waals surface area contributed by atoms with Crippen LogP contribution in [0.1, 0.15) is 53.9 Å². The maximum Gasteiger partial charge on any atom is 0.259 e. The minimum atomic E-state index is -0.988. The summed E-state index contributed by atoms with van der Waals surface area (Å²) in [5, 5.41) is 0. The zero-order valence-corrected chi connectivity index (χ0v) is 13.4. The Kier molecular flexibility index (Phi) is 10.7. The van der Waals surface area contributed by atoms with E-state index in [9.17, 15) is 0 Å². The summed E-state index contributed by atoms with van der Waals surface area (Å²) in [6.45, 7) is 12.2. The van der Waals surface area contributed by atoms with E-state index in [2.05, 4.69) is 45.2 Å². The highest BCUT2D eigenvalue weighted by Gasteiger charge is 2.26. The molecule has 0 aromatic rings. The van der Waals surface area contributed by atoms with Crippen molar-refractivity contribution in [3.05, 3.63) is 0 Å². The highest BCUT2D eigenvalue weighted by molar-refractivity contribution is 7.44. The zero-order chi connectivity index (χ0) is 14.0. The molecule has 3 nitrogen and oxygen atoms in total. The van der Waals surface area contributed by atoms with Crippen LogP contribution in [0.4, 0.5) is 0 Å². The van der Waals surface area contributed by atoms with Crippen molar-refractivity contribution in [1.29, 1.82) is 0 Å². The molecule has 1 atom stereocenters. The second-order valence-corrected chi connectivity index (χ2v) is 6.23. The van der Waals surface area contributed by atoms with E-state index in [0.717, 1.165) is 19.4 Å². The average Bonchev–Trinajstić information content (AvgIpc) is 2.28. The first kappa shape index (κ1) is 17.9. The molecule has 0 aromatic heterocycles. The molecule has 0 N–H and O–H groups in total. The van der Waals surface area contributed by atoms with Gasteiger partial charge in [0.25, 0.3) is 8.53 Å². The van der Waals surface area contributed by atoms with Crippen LogP contribution in [-0.2, 0) is 9.05 Å². The average molecular weight is 273 g/mol. The van der Waals surface area contributed by atoms with E-state index < -0.39 is 8.53 Å². The van der Waals surface area contributed by atoms with Crippen LogP contribution in [0.3, 0.4) is 0 Å². The Balaban J connectivity index is 4.44. The van der Waals surface area contributed by atoms with Gasteiger partial charge in [0.1, 0.15) is 0 Å². The molecular formula is C14H28NO2P. The summed E-state index contributed by atoms with van der Waals surface area (Å²) in [6, 6.07) is 0.812. The lowest BCUT2D eigenvalue weighted by atomic mass is 10.3. The van der Waals surface area contributed by atoms with Gasteiger partial charge in [-0.25, -0.2) is 4.67 Å². The fourth-order valence-corrected chi connectivity index (χ4v) is 3.24. The van der Waals surface area contributed by atoms with Crippen molar-refractivity contribution in [2.45, 2.75) is 66.0 Å². The Bertz CT molecular complexity index is 230. The predicted molar refractivity (Wildman–Crippen MR) is 79.3 cm³/mol. The van der Waals surface area contributed by atoms with Gasteiger partial charge in [-0.05, 0) is 34.1 Å². The van der Waals surface area contributed by atoms with Crippen molar-refractivity contribution in [3.8, 4) is 12.3 Å². The molecule has 0 bridgehead atoms. The number of nitrogens with zero attached hydrogens (tertiary/aromatic N) is 1. The van der Waals surface area contributed by atoms with Crippen LogP contribution < -0.4 is 0 Å². The van der Waals surface area contributed by atoms with Gasteiger partial charge in [0.05, 0.1) is 13.2 Å². The monoisotopic (exact) mass is 273 g/mol. The Labute approximate surface area is 114 Å². The minimum absolute atomic E-state index is 0.406. The van der Waals surface area contributed by atoms with Crippen molar-refractivity contribution in [2.75, 3.05) is 13.2 Å². The van der Waals surface area contributed by atoms with Gasteiger partial charge >= 0.3 is 0 Å². The number of terminal acetylenes is 1. The van der Waals surface area contributed by atoms with E-state index in [1.807, 2.05) is 0 Å². The minimum Gasteiger partial charge on any atom is -0.322 e. The smallest absolute Gasteiger partial charge is 0.259 e. The number of rotatable bonds is 10. The fraction of sp³-hybridized carbons (Fsp3) is 0.857. The van der Waals surface area contributed by atoms with Gasteiger partial charge in [-0.2, -0.15) is 0 Å². The summed E-state index contributed by atoms with van der Waals surface area (Å²) in [5.41, 5.74) is 0. The Morgan fingerprint density at radius 3 is 2.11 bits per heavy atom. The molecule has 0 aliphatic heterocycles. The van der Waals surface area contributed by atoms with E-state index in [4.69, 9.17) is 15.5 Å². The molecule has 0 aliphatic carbocycles. The molecule has 0 saturated heterocycles. The Hall–Kier alpha value is -0.130. The molecular weight excluding hydrogens is 245 g/mol. The van der Waals surface area contributed by atoms with Gasteiger partial charge in [-0.15, -0.1) is 12.3 Å². The molecule has 0 aromatic carbocycles. The maximum absolute atomic E-state index is 5.91. The van der Waals surface area contributed by atoms with Crippen LogP contribution in [0, 0.1) is 12.3 Å². The molecule has 4 heteroatoms. The summed E-state index contributed by atoms with van der Waals surface area (Å²) >= 11 is 0. The lowest BCUT2D eigenvalue weighted by Gasteiger charge is -2.35. The van der Waals surface area contributed by atoms with Gasteiger partial charge in [-0.3, -0.25) is 0 Å². The summed E-state index contributed by atoms with van der Waals surface area (Å²) in [4.78, 5) is 0. The van der Waals surface area contributed by atoms with E-state index in [-0.39, 0.29) is 0 Å². The van der Waals surface area contributed by atoms with Crippen LogP contribution >= 0.6 is 8.53 Å². The quantitative estimate of drug-likeness (QED) is 0.338.